The topological polar surface area (TPSA) is 187 Å². The summed E-state index contributed by atoms with van der Waals surface area (Å²) < 4.78 is 37.2. The molecule has 2 aromatic rings. The molecule has 1 spiro atoms. The van der Waals surface area contributed by atoms with Gasteiger partial charge in [-0.25, -0.2) is 9.36 Å². The molecule has 4 rings (SSSR count). The van der Waals surface area contributed by atoms with E-state index in [0.29, 0.717) is 0 Å². The number of hydrogen-bond donors (Lipinski definition) is 4. The first-order valence-corrected chi connectivity index (χ1v) is 13.9. The van der Waals surface area contributed by atoms with Crippen molar-refractivity contribution in [2.45, 2.75) is 69.7 Å². The Labute approximate surface area is 223 Å². The number of carbonyl (C=O) groups excluding carboxylic acids is 2. The molecule has 2 aliphatic heterocycles. The monoisotopic (exact) mass is 566 g/mol. The van der Waals surface area contributed by atoms with Crippen LogP contribution in [0.1, 0.15) is 39.8 Å². The number of nitrogens with zero attached hydrogens (tertiary/aromatic N) is 1. The van der Waals surface area contributed by atoms with Gasteiger partial charge in [0.05, 0.1) is 12.7 Å². The molecule has 1 aromatic heterocycles. The maximum absolute atomic E-state index is 13.8. The van der Waals surface area contributed by atoms with Crippen LogP contribution in [0, 0.1) is 0 Å². The fourth-order valence-corrected chi connectivity index (χ4v) is 6.02. The number of benzene rings is 1. The Balaban J connectivity index is 1.58. The summed E-state index contributed by atoms with van der Waals surface area (Å²) >= 11 is 0. The van der Waals surface area contributed by atoms with Crippen LogP contribution in [0.2, 0.25) is 0 Å². The molecule has 0 aliphatic carbocycles. The quantitative estimate of drug-likeness (QED) is 0.233. The smallest absolute Gasteiger partial charge is 0.459 e. The molecule has 0 bridgehead atoms. The van der Waals surface area contributed by atoms with E-state index in [2.05, 4.69) is 15.4 Å². The fourth-order valence-electron chi connectivity index (χ4n) is 4.51. The van der Waals surface area contributed by atoms with Gasteiger partial charge in [0.2, 0.25) is 5.91 Å². The van der Waals surface area contributed by atoms with Gasteiger partial charge in [-0.2, -0.15) is 5.09 Å². The van der Waals surface area contributed by atoms with Crippen molar-refractivity contribution in [3.05, 3.63) is 63.4 Å². The summed E-state index contributed by atoms with van der Waals surface area (Å²) in [6.45, 7) is 4.25. The first-order valence-electron chi connectivity index (χ1n) is 12.4. The van der Waals surface area contributed by atoms with E-state index < -0.39 is 67.7 Å². The second-order valence-corrected chi connectivity index (χ2v) is 11.3. The molecule has 1 amide bonds. The Morgan fingerprint density at radius 2 is 1.95 bits per heavy atom. The van der Waals surface area contributed by atoms with Crippen LogP contribution in [0.15, 0.2) is 52.2 Å². The zero-order valence-electron chi connectivity index (χ0n) is 21.6. The van der Waals surface area contributed by atoms with E-state index in [4.69, 9.17) is 18.5 Å². The van der Waals surface area contributed by atoms with Gasteiger partial charge in [0.15, 0.2) is 6.23 Å². The number of amides is 1. The minimum atomic E-state index is -4.28. The number of carbonyl (C=O) groups is 2. The molecule has 212 valence electrons. The Bertz CT molecular complexity index is 1360. The summed E-state index contributed by atoms with van der Waals surface area (Å²) in [5.74, 6) is -0.866. The van der Waals surface area contributed by atoms with Crippen LogP contribution in [0.4, 0.5) is 0 Å². The first kappa shape index (κ1) is 28.7. The summed E-state index contributed by atoms with van der Waals surface area (Å²) in [6.07, 6.45) is -2.84. The van der Waals surface area contributed by atoms with E-state index in [9.17, 15) is 28.8 Å². The lowest BCUT2D eigenvalue weighted by atomic mass is 9.88. The first-order chi connectivity index (χ1) is 18.4. The predicted molar refractivity (Wildman–Crippen MR) is 136 cm³/mol. The van der Waals surface area contributed by atoms with Crippen molar-refractivity contribution < 1.29 is 37.8 Å². The summed E-state index contributed by atoms with van der Waals surface area (Å²) in [5, 5.41) is 16.5. The van der Waals surface area contributed by atoms with E-state index in [-0.39, 0.29) is 24.5 Å². The molecular weight excluding hydrogens is 535 g/mol. The van der Waals surface area contributed by atoms with Crippen molar-refractivity contribution in [1.29, 1.82) is 0 Å². The van der Waals surface area contributed by atoms with Gasteiger partial charge in [0.1, 0.15) is 29.5 Å². The molecule has 14 nitrogen and oxygen atoms in total. The molecular formula is C24H31N4O10P. The van der Waals surface area contributed by atoms with E-state index in [0.717, 1.165) is 10.6 Å². The lowest BCUT2D eigenvalue weighted by molar-refractivity contribution is -0.149. The minimum Gasteiger partial charge on any atom is -0.462 e. The second-order valence-electron chi connectivity index (χ2n) is 9.61. The molecule has 0 saturated carbocycles. The van der Waals surface area contributed by atoms with E-state index in [1.165, 1.54) is 25.3 Å². The number of rotatable bonds is 10. The van der Waals surface area contributed by atoms with Crippen molar-refractivity contribution in [3.63, 3.8) is 0 Å². The van der Waals surface area contributed by atoms with Gasteiger partial charge in [-0.15, -0.1) is 0 Å². The third-order valence-electron chi connectivity index (χ3n) is 6.30. The van der Waals surface area contributed by atoms with Gasteiger partial charge in [0, 0.05) is 18.7 Å². The number of esters is 1. The van der Waals surface area contributed by atoms with Crippen LogP contribution in [0.5, 0.6) is 5.75 Å². The van der Waals surface area contributed by atoms with Crippen molar-refractivity contribution in [2.75, 3.05) is 6.61 Å². The number of hydrogen-bond acceptors (Lipinski definition) is 10. The zero-order valence-corrected chi connectivity index (χ0v) is 22.5. The van der Waals surface area contributed by atoms with Crippen molar-refractivity contribution in [1.82, 2.24) is 20.0 Å². The summed E-state index contributed by atoms with van der Waals surface area (Å²) in [6, 6.07) is 8.12. The number of aromatic amines is 1. The highest BCUT2D eigenvalue weighted by atomic mass is 31.2. The average Bonchev–Trinajstić information content (AvgIpc) is 3.38. The van der Waals surface area contributed by atoms with Crippen LogP contribution < -0.4 is 26.2 Å². The zero-order chi connectivity index (χ0) is 28.4. The summed E-state index contributed by atoms with van der Waals surface area (Å²) in [4.78, 5) is 50.8. The predicted octanol–water partition coefficient (Wildman–Crippen LogP) is 0.577. The number of aliphatic hydroxyl groups excluding tert-OH is 1. The van der Waals surface area contributed by atoms with Gasteiger partial charge in [-0.3, -0.25) is 28.5 Å². The van der Waals surface area contributed by atoms with Crippen molar-refractivity contribution in [2.24, 2.45) is 0 Å². The number of aromatic nitrogens is 2. The Morgan fingerprint density at radius 3 is 2.56 bits per heavy atom. The number of aliphatic hydroxyl groups is 1. The molecule has 39 heavy (non-hydrogen) atoms. The molecule has 4 N–H and O–H groups in total. The van der Waals surface area contributed by atoms with Crippen LogP contribution in [-0.2, 0) is 28.2 Å². The highest BCUT2D eigenvalue weighted by Crippen LogP contribution is 2.48. The molecule has 2 aliphatic rings. The van der Waals surface area contributed by atoms with Gasteiger partial charge in [-0.05, 0) is 39.3 Å². The summed E-state index contributed by atoms with van der Waals surface area (Å²) in [5.41, 5.74) is -2.85. The standard InChI is InChI=1S/C24H31N4O10P/c1-14(2)36-21(32)15(3)27-39(34,38-16-7-5-4-6-8-16)35-13-17-20(31)24(11-9-19(30)26-24)22(37-17)28-12-10-18(29)25-23(28)33/h4-8,10,12,14-15,17,20,22,31H,9,11,13H2,1-3H3,(H,26,30)(H,27,34)(H,25,29,33)/t15-,17+,20+,22+,24+,39?/m0/s1. The van der Waals surface area contributed by atoms with Crippen LogP contribution in [-0.4, -0.2) is 63.0 Å². The molecule has 15 heteroatoms. The number of ether oxygens (including phenoxy) is 2. The van der Waals surface area contributed by atoms with Gasteiger partial charge in [0.25, 0.3) is 5.56 Å². The highest BCUT2D eigenvalue weighted by Gasteiger charge is 2.60. The molecule has 1 aromatic carbocycles. The maximum atomic E-state index is 13.8. The van der Waals surface area contributed by atoms with Crippen molar-refractivity contribution >= 4 is 19.6 Å². The highest BCUT2D eigenvalue weighted by molar-refractivity contribution is 7.52. The SMILES string of the molecule is CC(C)OC(=O)[C@H](C)NP(=O)(OC[C@H]1O[C@@H](n2ccc(=O)[nH]c2=O)[C@@]2(CCC(=O)N2)[C@@H]1O)Oc1ccccc1. The summed E-state index contributed by atoms with van der Waals surface area (Å²) in [7, 11) is -4.28. The number of H-pyrrole nitrogens is 1. The second kappa shape index (κ2) is 11.4. The largest absolute Gasteiger partial charge is 0.462 e. The lowest BCUT2D eigenvalue weighted by Crippen LogP contribution is -2.56. The van der Waals surface area contributed by atoms with Gasteiger partial charge < -0.3 is 24.4 Å². The molecule has 1 unspecified atom stereocenters. The third-order valence-corrected chi connectivity index (χ3v) is 7.94. The maximum Gasteiger partial charge on any atom is 0.459 e. The third kappa shape index (κ3) is 6.31. The minimum absolute atomic E-state index is 0.0647. The molecule has 6 atom stereocenters. The fraction of sp³-hybridized carbons (Fsp3) is 0.500. The van der Waals surface area contributed by atoms with E-state index >= 15 is 0 Å². The molecule has 0 radical (unpaired) electrons. The average molecular weight is 567 g/mol. The van der Waals surface area contributed by atoms with E-state index in [1.807, 2.05) is 0 Å². The molecule has 2 saturated heterocycles. The number of nitrogens with one attached hydrogen (secondary N) is 3. The lowest BCUT2D eigenvalue weighted by Gasteiger charge is -2.32. The van der Waals surface area contributed by atoms with Crippen LogP contribution >= 0.6 is 7.75 Å². The van der Waals surface area contributed by atoms with Crippen LogP contribution in [0.3, 0.4) is 0 Å². The Morgan fingerprint density at radius 1 is 1.23 bits per heavy atom. The van der Waals surface area contributed by atoms with Crippen molar-refractivity contribution in [3.8, 4) is 5.75 Å². The van der Waals surface area contributed by atoms with E-state index in [1.54, 1.807) is 32.0 Å². The number of para-hydroxylation sites is 1. The van der Waals surface area contributed by atoms with Gasteiger partial charge in [-0.1, -0.05) is 18.2 Å². The van der Waals surface area contributed by atoms with Crippen LogP contribution in [0.25, 0.3) is 0 Å². The molecule has 2 fully saturated rings. The Hall–Kier alpha value is -3.29. The van der Waals surface area contributed by atoms with Gasteiger partial charge >= 0.3 is 19.4 Å². The normalized spacial score (nSPS) is 26.8. The molecule has 3 heterocycles. The Kier molecular flexibility index (Phi) is 8.42.